The summed E-state index contributed by atoms with van der Waals surface area (Å²) in [6.45, 7) is 18.9. The smallest absolute Gasteiger partial charge is 0.262 e. The van der Waals surface area contributed by atoms with E-state index in [0.717, 1.165) is 96.6 Å². The third kappa shape index (κ3) is 10.8. The zero-order valence-electron chi connectivity index (χ0n) is 41.2. The number of anilines is 1. The van der Waals surface area contributed by atoms with Crippen LogP contribution in [0.1, 0.15) is 166 Å². The molecular formula is C56H71F3N5O4P. The lowest BCUT2D eigenvalue weighted by Crippen LogP contribution is -2.54. The SMILES string of the molecule is C=C(C)C1CC2(CCN(c3cc(F)c(C(C)c4[nH]c5ccccc5c4C[C@@H](C)CCC(F)P)c(F)c3)CC2)C1.CCCC(CCC)CN1Cc2cc3c(cc2C1)C(=O)N(C1CCC(=O)NC1=O)C3=O. The molecule has 3 fully saturated rings. The molecule has 2 N–H and O–H groups in total. The number of carbonyl (C=O) groups is 4. The van der Waals surface area contributed by atoms with Crippen molar-refractivity contribution in [2.24, 2.45) is 23.2 Å². The molecule has 1 aliphatic carbocycles. The van der Waals surface area contributed by atoms with E-state index in [9.17, 15) is 23.6 Å². The number of benzene rings is 3. The first-order valence-corrected chi connectivity index (χ1v) is 26.1. The number of nitrogens with zero attached hydrogens (tertiary/aromatic N) is 3. The predicted molar refractivity (Wildman–Crippen MR) is 271 cm³/mol. The van der Waals surface area contributed by atoms with Gasteiger partial charge in [-0.3, -0.25) is 34.3 Å². The molecule has 0 radical (unpaired) electrons. The highest BCUT2D eigenvalue weighted by Gasteiger charge is 2.47. The van der Waals surface area contributed by atoms with Gasteiger partial charge in [-0.2, -0.15) is 0 Å². The van der Waals surface area contributed by atoms with Crippen LogP contribution in [-0.4, -0.2) is 70.0 Å². The number of rotatable bonds is 16. The van der Waals surface area contributed by atoms with Crippen molar-refractivity contribution in [2.75, 3.05) is 24.5 Å². The van der Waals surface area contributed by atoms with E-state index in [1.165, 1.54) is 56.2 Å². The Balaban J connectivity index is 0.000000192. The van der Waals surface area contributed by atoms with Gasteiger partial charge in [0.05, 0.1) is 11.1 Å². The predicted octanol–water partition coefficient (Wildman–Crippen LogP) is 11.9. The van der Waals surface area contributed by atoms with Gasteiger partial charge in [0, 0.05) is 72.9 Å². The van der Waals surface area contributed by atoms with Gasteiger partial charge in [0.1, 0.15) is 23.6 Å². The monoisotopic (exact) mass is 966 g/mol. The van der Waals surface area contributed by atoms with Crippen LogP contribution in [0.15, 0.2) is 60.7 Å². The van der Waals surface area contributed by atoms with E-state index >= 15 is 8.78 Å². The van der Waals surface area contributed by atoms with Gasteiger partial charge >= 0.3 is 0 Å². The molecule has 1 aromatic heterocycles. The quantitative estimate of drug-likeness (QED) is 0.0658. The van der Waals surface area contributed by atoms with Gasteiger partial charge in [0.25, 0.3) is 11.8 Å². The number of aromatic amines is 1. The highest BCUT2D eigenvalue weighted by molar-refractivity contribution is 7.17. The Morgan fingerprint density at radius 1 is 0.884 bits per heavy atom. The summed E-state index contributed by atoms with van der Waals surface area (Å²) in [5.41, 5.74) is 8.20. The van der Waals surface area contributed by atoms with E-state index in [1.807, 2.05) is 37.3 Å². The van der Waals surface area contributed by atoms with Crippen LogP contribution in [-0.2, 0) is 29.1 Å². The molecule has 1 saturated carbocycles. The molecule has 4 aliphatic heterocycles. The number of piperidine rings is 2. The highest BCUT2D eigenvalue weighted by Crippen LogP contribution is 2.55. The van der Waals surface area contributed by atoms with E-state index in [0.29, 0.717) is 40.5 Å². The van der Waals surface area contributed by atoms with E-state index < -0.39 is 47.2 Å². The van der Waals surface area contributed by atoms with Gasteiger partial charge in [-0.05, 0) is 141 Å². The van der Waals surface area contributed by atoms with Crippen molar-refractivity contribution in [3.63, 3.8) is 0 Å². The molecule has 4 unspecified atom stereocenters. The molecule has 2 saturated heterocycles. The van der Waals surface area contributed by atoms with Crippen molar-refractivity contribution in [3.05, 3.63) is 111 Å². The van der Waals surface area contributed by atoms with Gasteiger partial charge in [-0.1, -0.05) is 70.9 Å². The number of aromatic nitrogens is 1. The van der Waals surface area contributed by atoms with Crippen molar-refractivity contribution >= 4 is 49.5 Å². The number of hydrogen-bond donors (Lipinski definition) is 2. The molecule has 9 rings (SSSR count). The number of alkyl halides is 1. The molecule has 4 aromatic rings. The maximum atomic E-state index is 15.7. The first-order valence-electron chi connectivity index (χ1n) is 25.5. The van der Waals surface area contributed by atoms with E-state index in [-0.39, 0.29) is 30.2 Å². The molecule has 69 heavy (non-hydrogen) atoms. The van der Waals surface area contributed by atoms with E-state index in [1.54, 1.807) is 0 Å². The molecule has 370 valence electrons. The number of carbonyl (C=O) groups excluding carboxylic acids is 4. The summed E-state index contributed by atoms with van der Waals surface area (Å²) in [6.07, 6.45) is 11.6. The van der Waals surface area contributed by atoms with Gasteiger partial charge in [-0.15, -0.1) is 9.24 Å². The van der Waals surface area contributed by atoms with Crippen molar-refractivity contribution < 1.29 is 32.3 Å². The Labute approximate surface area is 408 Å². The minimum Gasteiger partial charge on any atom is -0.371 e. The summed E-state index contributed by atoms with van der Waals surface area (Å²) >= 11 is 0. The largest absolute Gasteiger partial charge is 0.371 e. The topological polar surface area (TPSA) is 106 Å². The number of nitrogens with one attached hydrogen (secondary N) is 2. The highest BCUT2D eigenvalue weighted by atomic mass is 31.0. The average molecular weight is 966 g/mol. The van der Waals surface area contributed by atoms with Crippen LogP contribution < -0.4 is 10.2 Å². The molecule has 0 bridgehead atoms. The minimum atomic E-state index is -0.914. The molecule has 5 atom stereocenters. The number of halogens is 3. The summed E-state index contributed by atoms with van der Waals surface area (Å²) in [4.78, 5) is 58.7. The zero-order valence-corrected chi connectivity index (χ0v) is 42.4. The molecule has 3 aromatic carbocycles. The van der Waals surface area contributed by atoms with E-state index in [2.05, 4.69) is 69.7 Å². The number of para-hydroxylation sites is 1. The second kappa shape index (κ2) is 21.3. The lowest BCUT2D eigenvalue weighted by Gasteiger charge is -2.53. The number of H-pyrrole nitrogens is 1. The molecule has 4 amide bonds. The number of imide groups is 2. The summed E-state index contributed by atoms with van der Waals surface area (Å²) < 4.78 is 44.8. The third-order valence-electron chi connectivity index (χ3n) is 16.0. The first-order chi connectivity index (χ1) is 33.0. The average Bonchev–Trinajstić information content (AvgIpc) is 3.94. The maximum Gasteiger partial charge on any atom is 0.262 e. The molecule has 5 aliphatic rings. The fourth-order valence-corrected chi connectivity index (χ4v) is 12.3. The van der Waals surface area contributed by atoms with Crippen LogP contribution in [0.3, 0.4) is 0 Å². The van der Waals surface area contributed by atoms with Crippen LogP contribution in [0.5, 0.6) is 0 Å². The van der Waals surface area contributed by atoms with Gasteiger partial charge in [0.2, 0.25) is 11.8 Å². The van der Waals surface area contributed by atoms with E-state index in [4.69, 9.17) is 0 Å². The summed E-state index contributed by atoms with van der Waals surface area (Å²) in [5, 5.41) is 3.30. The van der Waals surface area contributed by atoms with Crippen LogP contribution in [0.25, 0.3) is 10.9 Å². The Kier molecular flexibility index (Phi) is 15.6. The fourth-order valence-electron chi connectivity index (χ4n) is 12.1. The Hall–Kier alpha value is -4.80. The van der Waals surface area contributed by atoms with Crippen LogP contribution in [0.4, 0.5) is 18.9 Å². The van der Waals surface area contributed by atoms with Gasteiger partial charge in [0.15, 0.2) is 0 Å². The number of allylic oxidation sites excluding steroid dienone is 1. The lowest BCUT2D eigenvalue weighted by atomic mass is 9.56. The second-order valence-electron chi connectivity index (χ2n) is 21.2. The summed E-state index contributed by atoms with van der Waals surface area (Å²) in [6, 6.07) is 13.8. The van der Waals surface area contributed by atoms with Crippen molar-refractivity contribution in [1.82, 2.24) is 20.1 Å². The standard InChI is InChI=1S/C33H42F3N2P.C23H29N3O4/c1-20(2)23-18-33(19-23)11-13-38(14-12-33)24-16-27(34)31(28(35)17-24)22(4)32-26(15-21(3)9-10-30(36)39)25-7-5-6-8-29(25)37-32;1-3-5-14(6-4-2)11-25-12-15-9-17-18(10-16(15)13-25)23(30)26(22(17)29)19-7-8-20(27)24-21(19)28/h5-8,16-17,21-23,30,37H,1,9-15,18-19,39H2,2-4H3;9-10,14,19H,3-8,11-13H2,1-2H3,(H,24,27,28)/t21-,22?,30?;/m0./s1. The lowest BCUT2D eigenvalue weighted by molar-refractivity contribution is -0.136. The molecule has 13 heteroatoms. The Bertz CT molecular complexity index is 2520. The molecule has 5 heterocycles. The minimum absolute atomic E-state index is 0.102. The zero-order chi connectivity index (χ0) is 49.3. The maximum absolute atomic E-state index is 15.7. The first kappa shape index (κ1) is 50.6. The summed E-state index contributed by atoms with van der Waals surface area (Å²) in [5.74, 6) is -2.63. The van der Waals surface area contributed by atoms with Gasteiger partial charge < -0.3 is 9.88 Å². The van der Waals surface area contributed by atoms with Crippen molar-refractivity contribution in [2.45, 2.75) is 149 Å². The van der Waals surface area contributed by atoms with Crippen LogP contribution in [0, 0.1) is 34.8 Å². The summed E-state index contributed by atoms with van der Waals surface area (Å²) in [7, 11) is 2.22. The molecular weight excluding hydrogens is 895 g/mol. The normalized spacial score (nSPS) is 20.5. The second-order valence-corrected chi connectivity index (χ2v) is 21.9. The fraction of sp³-hybridized carbons (Fsp3) is 0.536. The number of fused-ring (bicyclic) bond motifs is 3. The Morgan fingerprint density at radius 2 is 1.49 bits per heavy atom. The third-order valence-corrected chi connectivity index (χ3v) is 16.3. The molecule has 9 nitrogen and oxygen atoms in total. The van der Waals surface area contributed by atoms with Crippen molar-refractivity contribution in [3.8, 4) is 0 Å². The number of hydrogen-bond acceptors (Lipinski definition) is 6. The van der Waals surface area contributed by atoms with Gasteiger partial charge in [-0.25, -0.2) is 13.2 Å². The van der Waals surface area contributed by atoms with Crippen LogP contribution >= 0.6 is 9.24 Å². The van der Waals surface area contributed by atoms with Crippen LogP contribution in [0.2, 0.25) is 0 Å². The number of amides is 4. The Morgan fingerprint density at radius 3 is 2.06 bits per heavy atom. The molecule has 1 spiro atoms. The van der Waals surface area contributed by atoms with Crippen molar-refractivity contribution in [1.29, 1.82) is 0 Å².